The summed E-state index contributed by atoms with van der Waals surface area (Å²) in [5, 5.41) is 11.9. The van der Waals surface area contributed by atoms with Crippen molar-refractivity contribution in [1.29, 1.82) is 5.26 Å². The largest absolute Gasteiger partial charge is 0.384 e. The predicted molar refractivity (Wildman–Crippen MR) is 66.5 cm³/mol. The van der Waals surface area contributed by atoms with E-state index in [2.05, 4.69) is 28.2 Å². The van der Waals surface area contributed by atoms with Crippen molar-refractivity contribution in [3.63, 3.8) is 0 Å². The first-order valence-corrected chi connectivity index (χ1v) is 5.47. The molecular formula is C12H18N4. The maximum Gasteiger partial charge on any atom is 0.0643 e. The lowest BCUT2D eigenvalue weighted by Gasteiger charge is -2.25. The second kappa shape index (κ2) is 5.96. The van der Waals surface area contributed by atoms with Gasteiger partial charge in [0.05, 0.1) is 36.3 Å². The van der Waals surface area contributed by atoms with E-state index in [9.17, 15) is 0 Å². The summed E-state index contributed by atoms with van der Waals surface area (Å²) in [6.07, 6.45) is 4.13. The minimum Gasteiger partial charge on any atom is -0.384 e. The van der Waals surface area contributed by atoms with Gasteiger partial charge in [0, 0.05) is 19.6 Å². The fourth-order valence-electron chi connectivity index (χ4n) is 1.45. The quantitative estimate of drug-likeness (QED) is 0.823. The van der Waals surface area contributed by atoms with E-state index in [0.29, 0.717) is 6.42 Å². The van der Waals surface area contributed by atoms with Crippen LogP contribution in [0.25, 0.3) is 0 Å². The second-order valence-electron chi connectivity index (χ2n) is 3.78. The van der Waals surface area contributed by atoms with Gasteiger partial charge in [-0.25, -0.2) is 0 Å². The molecule has 0 amide bonds. The summed E-state index contributed by atoms with van der Waals surface area (Å²) < 4.78 is 0. The van der Waals surface area contributed by atoms with Gasteiger partial charge in [0.1, 0.15) is 0 Å². The Morgan fingerprint density at radius 3 is 2.94 bits per heavy atom. The molecule has 0 bridgehead atoms. The van der Waals surface area contributed by atoms with Crippen LogP contribution in [0.3, 0.4) is 0 Å². The molecule has 16 heavy (non-hydrogen) atoms. The Labute approximate surface area is 96.9 Å². The monoisotopic (exact) mass is 218 g/mol. The molecule has 0 saturated carbocycles. The number of nitriles is 1. The highest BCUT2D eigenvalue weighted by Gasteiger charge is 2.10. The molecule has 0 spiro atoms. The lowest BCUT2D eigenvalue weighted by molar-refractivity contribution is 0.701. The first-order valence-electron chi connectivity index (χ1n) is 5.47. The van der Waals surface area contributed by atoms with Crippen LogP contribution in [0, 0.1) is 11.3 Å². The van der Waals surface area contributed by atoms with E-state index in [1.54, 1.807) is 6.20 Å². The zero-order chi connectivity index (χ0) is 12.0. The number of rotatable bonds is 5. The first kappa shape index (κ1) is 12.3. The minimum atomic E-state index is 0.198. The van der Waals surface area contributed by atoms with Gasteiger partial charge in [0.15, 0.2) is 0 Å². The average molecular weight is 218 g/mol. The molecule has 0 radical (unpaired) electrons. The normalized spacial score (nSPS) is 11.6. The van der Waals surface area contributed by atoms with Gasteiger partial charge in [-0.05, 0) is 19.9 Å². The number of nitrogens with one attached hydrogen (secondary N) is 1. The highest BCUT2D eigenvalue weighted by Crippen LogP contribution is 2.19. The molecular weight excluding hydrogens is 200 g/mol. The fourth-order valence-corrected chi connectivity index (χ4v) is 1.45. The SMILES string of the molecule is CCNc1cncc(N(C)C(C)CC#N)c1. The molecule has 1 atom stereocenters. The van der Waals surface area contributed by atoms with Crippen LogP contribution in [-0.4, -0.2) is 24.6 Å². The van der Waals surface area contributed by atoms with E-state index in [1.807, 2.05) is 26.2 Å². The van der Waals surface area contributed by atoms with Crippen molar-refractivity contribution < 1.29 is 0 Å². The summed E-state index contributed by atoms with van der Waals surface area (Å²) in [7, 11) is 1.98. The molecule has 1 N–H and O–H groups in total. The van der Waals surface area contributed by atoms with E-state index in [0.717, 1.165) is 17.9 Å². The van der Waals surface area contributed by atoms with Gasteiger partial charge in [0.25, 0.3) is 0 Å². The van der Waals surface area contributed by atoms with Gasteiger partial charge >= 0.3 is 0 Å². The summed E-state index contributed by atoms with van der Waals surface area (Å²) in [5.41, 5.74) is 2.04. The van der Waals surface area contributed by atoms with Crippen molar-refractivity contribution in [2.24, 2.45) is 0 Å². The molecule has 0 aliphatic heterocycles. The van der Waals surface area contributed by atoms with Crippen molar-refractivity contribution in [3.05, 3.63) is 18.5 Å². The smallest absolute Gasteiger partial charge is 0.0643 e. The molecule has 86 valence electrons. The molecule has 1 aromatic rings. The first-order chi connectivity index (χ1) is 7.69. The van der Waals surface area contributed by atoms with Crippen LogP contribution in [0.15, 0.2) is 18.5 Å². The lowest BCUT2D eigenvalue weighted by Crippen LogP contribution is -2.28. The minimum absolute atomic E-state index is 0.198. The predicted octanol–water partition coefficient (Wildman–Crippen LogP) is 2.25. The Morgan fingerprint density at radius 1 is 1.56 bits per heavy atom. The van der Waals surface area contributed by atoms with Crippen molar-refractivity contribution in [2.45, 2.75) is 26.3 Å². The summed E-state index contributed by atoms with van der Waals surface area (Å²) in [6, 6.07) is 4.42. The molecule has 1 rings (SSSR count). The Kier molecular flexibility index (Phi) is 4.59. The maximum absolute atomic E-state index is 8.67. The molecule has 0 aromatic carbocycles. The van der Waals surface area contributed by atoms with Gasteiger partial charge < -0.3 is 10.2 Å². The number of nitrogens with zero attached hydrogens (tertiary/aromatic N) is 3. The van der Waals surface area contributed by atoms with Gasteiger partial charge in [-0.1, -0.05) is 0 Å². The van der Waals surface area contributed by atoms with Crippen molar-refractivity contribution in [2.75, 3.05) is 23.8 Å². The highest BCUT2D eigenvalue weighted by atomic mass is 15.1. The standard InChI is InChI=1S/C12H18N4/c1-4-15-11-7-12(9-14-8-11)16(3)10(2)5-6-13/h7-10,15H,4-5H2,1-3H3. The number of aromatic nitrogens is 1. The summed E-state index contributed by atoms with van der Waals surface area (Å²) in [5.74, 6) is 0. The van der Waals surface area contributed by atoms with Crippen molar-refractivity contribution in [3.8, 4) is 6.07 Å². The van der Waals surface area contributed by atoms with Crippen LogP contribution in [0.2, 0.25) is 0 Å². The Balaban J connectivity index is 2.79. The Bertz CT molecular complexity index is 370. The van der Waals surface area contributed by atoms with Crippen LogP contribution in [0.1, 0.15) is 20.3 Å². The van der Waals surface area contributed by atoms with Gasteiger partial charge in [-0.2, -0.15) is 5.26 Å². The molecule has 0 aliphatic carbocycles. The van der Waals surface area contributed by atoms with Crippen LogP contribution < -0.4 is 10.2 Å². The van der Waals surface area contributed by atoms with Crippen LogP contribution in [0.4, 0.5) is 11.4 Å². The molecule has 4 nitrogen and oxygen atoms in total. The van der Waals surface area contributed by atoms with Crippen LogP contribution in [-0.2, 0) is 0 Å². The molecule has 1 aromatic heterocycles. The topological polar surface area (TPSA) is 52.0 Å². The summed E-state index contributed by atoms with van der Waals surface area (Å²) >= 11 is 0. The van der Waals surface area contributed by atoms with E-state index >= 15 is 0 Å². The van der Waals surface area contributed by atoms with E-state index in [1.165, 1.54) is 0 Å². The van der Waals surface area contributed by atoms with Crippen molar-refractivity contribution in [1.82, 2.24) is 4.98 Å². The Morgan fingerprint density at radius 2 is 2.31 bits per heavy atom. The van der Waals surface area contributed by atoms with Gasteiger partial charge in [0.2, 0.25) is 0 Å². The van der Waals surface area contributed by atoms with Crippen LogP contribution >= 0.6 is 0 Å². The third-order valence-electron chi connectivity index (χ3n) is 2.56. The average Bonchev–Trinajstić information content (AvgIpc) is 2.29. The fraction of sp³-hybridized carbons (Fsp3) is 0.500. The summed E-state index contributed by atoms with van der Waals surface area (Å²) in [4.78, 5) is 6.25. The van der Waals surface area contributed by atoms with Crippen molar-refractivity contribution >= 4 is 11.4 Å². The third kappa shape index (κ3) is 3.13. The van der Waals surface area contributed by atoms with Gasteiger partial charge in [-0.15, -0.1) is 0 Å². The van der Waals surface area contributed by atoms with E-state index in [-0.39, 0.29) is 6.04 Å². The number of hydrogen-bond donors (Lipinski definition) is 1. The molecule has 1 heterocycles. The van der Waals surface area contributed by atoms with E-state index in [4.69, 9.17) is 5.26 Å². The molecule has 1 unspecified atom stereocenters. The Hall–Kier alpha value is -1.76. The number of pyridine rings is 1. The molecule has 0 fully saturated rings. The molecule has 4 heteroatoms. The number of anilines is 2. The second-order valence-corrected chi connectivity index (χ2v) is 3.78. The van der Waals surface area contributed by atoms with Gasteiger partial charge in [-0.3, -0.25) is 4.98 Å². The van der Waals surface area contributed by atoms with E-state index < -0.39 is 0 Å². The molecule has 0 aliphatic rings. The molecule has 0 saturated heterocycles. The highest BCUT2D eigenvalue weighted by molar-refractivity contribution is 5.55. The third-order valence-corrected chi connectivity index (χ3v) is 2.56. The lowest BCUT2D eigenvalue weighted by atomic mass is 10.2. The number of hydrogen-bond acceptors (Lipinski definition) is 4. The maximum atomic E-state index is 8.67. The summed E-state index contributed by atoms with van der Waals surface area (Å²) in [6.45, 7) is 4.96. The van der Waals surface area contributed by atoms with Crippen LogP contribution in [0.5, 0.6) is 0 Å². The zero-order valence-electron chi connectivity index (χ0n) is 10.1. The zero-order valence-corrected chi connectivity index (χ0v) is 10.1.